The fourth-order valence-electron chi connectivity index (χ4n) is 3.19. The van der Waals surface area contributed by atoms with Crippen molar-refractivity contribution in [3.63, 3.8) is 0 Å². The van der Waals surface area contributed by atoms with Gasteiger partial charge in [-0.25, -0.2) is 0 Å². The quantitative estimate of drug-likeness (QED) is 0.702. The van der Waals surface area contributed by atoms with Crippen molar-refractivity contribution in [3.8, 4) is 0 Å². The molecule has 0 unspecified atom stereocenters. The molecule has 3 rings (SSSR count). The van der Waals surface area contributed by atoms with E-state index in [-0.39, 0.29) is 11.9 Å². The number of furan rings is 1. The normalized spacial score (nSPS) is 12.5. The maximum absolute atomic E-state index is 12.7. The third-order valence-corrected chi connectivity index (χ3v) is 4.56. The molecule has 0 spiro atoms. The van der Waals surface area contributed by atoms with Crippen LogP contribution in [0.15, 0.2) is 59.2 Å². The number of rotatable bonds is 7. The van der Waals surface area contributed by atoms with Gasteiger partial charge >= 0.3 is 0 Å². The minimum Gasteiger partial charge on any atom is -0.464 e. The van der Waals surface area contributed by atoms with Crippen LogP contribution in [0.25, 0.3) is 11.0 Å². The highest BCUT2D eigenvalue weighted by Gasteiger charge is 2.17. The lowest BCUT2D eigenvalue weighted by molar-refractivity contribution is -0.121. The molecule has 26 heavy (non-hydrogen) atoms. The molecule has 0 radical (unpaired) electrons. The predicted molar refractivity (Wildman–Crippen MR) is 105 cm³/mol. The Morgan fingerprint density at radius 1 is 1.15 bits per heavy atom. The Balaban J connectivity index is 1.74. The first-order valence-electron chi connectivity index (χ1n) is 9.05. The maximum Gasteiger partial charge on any atom is 0.225 e. The number of aryl methyl sites for hydroxylation is 1. The van der Waals surface area contributed by atoms with Crippen LogP contribution in [-0.4, -0.2) is 31.4 Å². The number of hydrogen-bond donors (Lipinski definition) is 1. The molecular formula is C22H26N2O2. The molecule has 0 saturated heterocycles. The van der Waals surface area contributed by atoms with Gasteiger partial charge in [0.15, 0.2) is 0 Å². The Labute approximate surface area is 154 Å². The zero-order valence-corrected chi connectivity index (χ0v) is 15.7. The van der Waals surface area contributed by atoms with E-state index in [1.807, 2.05) is 44.4 Å². The van der Waals surface area contributed by atoms with Crippen LogP contribution in [-0.2, 0) is 17.6 Å². The Morgan fingerprint density at radius 2 is 1.92 bits per heavy atom. The Kier molecular flexibility index (Phi) is 5.74. The van der Waals surface area contributed by atoms with E-state index in [1.165, 1.54) is 5.56 Å². The first kappa shape index (κ1) is 18.2. The highest BCUT2D eigenvalue weighted by atomic mass is 16.3. The summed E-state index contributed by atoms with van der Waals surface area (Å²) in [5.41, 5.74) is 4.12. The summed E-state index contributed by atoms with van der Waals surface area (Å²) in [4.78, 5) is 14.8. The number of nitrogens with one attached hydrogen (secondary N) is 1. The highest BCUT2D eigenvalue weighted by Crippen LogP contribution is 2.23. The van der Waals surface area contributed by atoms with Crippen LogP contribution in [0.3, 0.4) is 0 Å². The number of amides is 1. The first-order valence-corrected chi connectivity index (χ1v) is 9.05. The van der Waals surface area contributed by atoms with Crippen molar-refractivity contribution >= 4 is 16.9 Å². The number of nitrogens with zero attached hydrogens (tertiary/aromatic N) is 1. The Hall–Kier alpha value is -2.59. The second-order valence-electron chi connectivity index (χ2n) is 6.91. The molecule has 1 heterocycles. The molecule has 3 aromatic rings. The first-order chi connectivity index (χ1) is 12.6. The van der Waals surface area contributed by atoms with Crippen LogP contribution in [0.2, 0.25) is 0 Å². The lowest BCUT2D eigenvalue weighted by atomic mass is 10.0. The molecule has 0 bridgehead atoms. The molecule has 4 nitrogen and oxygen atoms in total. The standard InChI is InChI=1S/C22H26N2O2/c1-4-16-10-11-19-18(15-26-21(19)12-16)13-22(25)23-20(14-24(2)3)17-8-6-5-7-9-17/h5-12,15,20H,4,13-14H2,1-3H3,(H,23,25)/t20-/m0/s1. The summed E-state index contributed by atoms with van der Waals surface area (Å²) in [5.74, 6) is 0.00275. The topological polar surface area (TPSA) is 45.5 Å². The van der Waals surface area contributed by atoms with Crippen molar-refractivity contribution in [3.05, 3.63) is 71.5 Å². The van der Waals surface area contributed by atoms with Gasteiger partial charge in [-0.1, -0.05) is 49.4 Å². The highest BCUT2D eigenvalue weighted by molar-refractivity contribution is 5.88. The number of benzene rings is 2. The smallest absolute Gasteiger partial charge is 0.225 e. The second-order valence-corrected chi connectivity index (χ2v) is 6.91. The van der Waals surface area contributed by atoms with Crippen LogP contribution >= 0.6 is 0 Å². The number of fused-ring (bicyclic) bond motifs is 1. The van der Waals surface area contributed by atoms with E-state index in [9.17, 15) is 4.79 Å². The number of hydrogen-bond acceptors (Lipinski definition) is 3. The van der Waals surface area contributed by atoms with Gasteiger partial charge in [0.05, 0.1) is 18.7 Å². The van der Waals surface area contributed by atoms with E-state index in [0.717, 1.165) is 35.1 Å². The van der Waals surface area contributed by atoms with Gasteiger partial charge in [0, 0.05) is 17.5 Å². The Morgan fingerprint density at radius 3 is 2.62 bits per heavy atom. The van der Waals surface area contributed by atoms with Gasteiger partial charge in [-0.15, -0.1) is 0 Å². The van der Waals surface area contributed by atoms with Crippen LogP contribution in [0.4, 0.5) is 0 Å². The van der Waals surface area contributed by atoms with Gasteiger partial charge in [-0.05, 0) is 37.7 Å². The van der Waals surface area contributed by atoms with E-state index < -0.39 is 0 Å². The largest absolute Gasteiger partial charge is 0.464 e. The molecule has 4 heteroatoms. The molecule has 0 aliphatic heterocycles. The van der Waals surface area contributed by atoms with Gasteiger partial charge < -0.3 is 14.6 Å². The van der Waals surface area contributed by atoms with Crippen LogP contribution < -0.4 is 5.32 Å². The molecule has 0 aliphatic carbocycles. The summed E-state index contributed by atoms with van der Waals surface area (Å²) >= 11 is 0. The maximum atomic E-state index is 12.7. The average molecular weight is 350 g/mol. The van der Waals surface area contributed by atoms with Gasteiger partial charge in [-0.2, -0.15) is 0 Å². The molecule has 1 atom stereocenters. The fourth-order valence-corrected chi connectivity index (χ4v) is 3.19. The minimum atomic E-state index is -0.0384. The third kappa shape index (κ3) is 4.33. The lowest BCUT2D eigenvalue weighted by Crippen LogP contribution is -2.36. The fraction of sp³-hybridized carbons (Fsp3) is 0.318. The monoisotopic (exact) mass is 350 g/mol. The van der Waals surface area contributed by atoms with Crippen molar-refractivity contribution in [1.82, 2.24) is 10.2 Å². The van der Waals surface area contributed by atoms with Gasteiger partial charge in [0.25, 0.3) is 0 Å². The number of carbonyl (C=O) groups is 1. The summed E-state index contributed by atoms with van der Waals surface area (Å²) in [6, 6.07) is 16.2. The van der Waals surface area contributed by atoms with Gasteiger partial charge in [0.2, 0.25) is 5.91 Å². The molecule has 1 N–H and O–H groups in total. The van der Waals surface area contributed by atoms with E-state index in [1.54, 1.807) is 6.26 Å². The summed E-state index contributed by atoms with van der Waals surface area (Å²) < 4.78 is 5.66. The van der Waals surface area contributed by atoms with Crippen LogP contribution in [0.1, 0.15) is 29.7 Å². The molecule has 0 fully saturated rings. The summed E-state index contributed by atoms with van der Waals surface area (Å²) in [7, 11) is 4.02. The molecule has 0 saturated carbocycles. The van der Waals surface area contributed by atoms with Gasteiger partial charge in [0.1, 0.15) is 5.58 Å². The van der Waals surface area contributed by atoms with Crippen molar-refractivity contribution < 1.29 is 9.21 Å². The zero-order valence-electron chi connectivity index (χ0n) is 15.7. The summed E-state index contributed by atoms with van der Waals surface area (Å²) in [5, 5.41) is 4.18. The molecule has 0 aliphatic rings. The van der Waals surface area contributed by atoms with Gasteiger partial charge in [-0.3, -0.25) is 4.79 Å². The molecule has 2 aromatic carbocycles. The molecule has 1 amide bonds. The van der Waals surface area contributed by atoms with Crippen molar-refractivity contribution in [2.24, 2.45) is 0 Å². The van der Waals surface area contributed by atoms with Crippen LogP contribution in [0, 0.1) is 0 Å². The zero-order chi connectivity index (χ0) is 18.5. The van der Waals surface area contributed by atoms with Crippen molar-refractivity contribution in [1.29, 1.82) is 0 Å². The van der Waals surface area contributed by atoms with E-state index in [4.69, 9.17) is 4.42 Å². The summed E-state index contributed by atoms with van der Waals surface area (Å²) in [6.07, 6.45) is 2.98. The second kappa shape index (κ2) is 8.19. The van der Waals surface area contributed by atoms with E-state index in [0.29, 0.717) is 6.42 Å². The molecule has 1 aromatic heterocycles. The molecule has 136 valence electrons. The minimum absolute atomic E-state index is 0.00275. The van der Waals surface area contributed by atoms with Crippen molar-refractivity contribution in [2.45, 2.75) is 25.8 Å². The SMILES string of the molecule is CCc1ccc2c(CC(=O)N[C@@H](CN(C)C)c3ccccc3)coc2c1. The lowest BCUT2D eigenvalue weighted by Gasteiger charge is -2.22. The van der Waals surface area contributed by atoms with Crippen molar-refractivity contribution in [2.75, 3.05) is 20.6 Å². The number of likely N-dealkylation sites (N-methyl/N-ethyl adjacent to an activating group) is 1. The number of carbonyl (C=O) groups excluding carboxylic acids is 1. The van der Waals surface area contributed by atoms with E-state index >= 15 is 0 Å². The third-order valence-electron chi connectivity index (χ3n) is 4.56. The predicted octanol–water partition coefficient (Wildman–Crippen LogP) is 3.96. The average Bonchev–Trinajstić information content (AvgIpc) is 3.03. The van der Waals surface area contributed by atoms with E-state index in [2.05, 4.69) is 35.3 Å². The van der Waals surface area contributed by atoms with Crippen LogP contribution in [0.5, 0.6) is 0 Å². The molecular weight excluding hydrogens is 324 g/mol. The Bertz CT molecular complexity index is 868. The summed E-state index contributed by atoms with van der Waals surface area (Å²) in [6.45, 7) is 2.87.